The SMILES string of the molecule is CC1=C(Cc2ccccc2N(C)C)C=CCC1. The Morgan fingerprint density at radius 1 is 1.18 bits per heavy atom. The minimum absolute atomic E-state index is 1.05. The van der Waals surface area contributed by atoms with Crippen molar-refractivity contribution in [3.8, 4) is 0 Å². The number of para-hydroxylation sites is 1. The molecule has 1 aliphatic carbocycles. The summed E-state index contributed by atoms with van der Waals surface area (Å²) >= 11 is 0. The Bertz CT molecular complexity index is 452. The molecule has 1 aromatic rings. The molecule has 1 nitrogen and oxygen atoms in total. The summed E-state index contributed by atoms with van der Waals surface area (Å²) in [6.45, 7) is 2.26. The first kappa shape index (κ1) is 12.0. The monoisotopic (exact) mass is 227 g/mol. The van der Waals surface area contributed by atoms with E-state index in [2.05, 4.69) is 62.3 Å². The van der Waals surface area contributed by atoms with Crippen molar-refractivity contribution in [3.63, 3.8) is 0 Å². The molecule has 0 N–H and O–H groups in total. The molecule has 0 atom stereocenters. The fraction of sp³-hybridized carbons (Fsp3) is 0.375. The van der Waals surface area contributed by atoms with E-state index in [1.54, 1.807) is 5.57 Å². The van der Waals surface area contributed by atoms with Gasteiger partial charge >= 0.3 is 0 Å². The molecular formula is C16H21N. The van der Waals surface area contributed by atoms with Gasteiger partial charge in [0, 0.05) is 19.8 Å². The second-order valence-corrected chi connectivity index (χ2v) is 4.95. The van der Waals surface area contributed by atoms with Crippen LogP contribution in [0.1, 0.15) is 25.3 Å². The molecule has 0 saturated carbocycles. The Hall–Kier alpha value is -1.50. The smallest absolute Gasteiger partial charge is 0.0396 e. The van der Waals surface area contributed by atoms with Gasteiger partial charge in [-0.1, -0.05) is 35.9 Å². The Morgan fingerprint density at radius 3 is 2.65 bits per heavy atom. The molecule has 90 valence electrons. The van der Waals surface area contributed by atoms with E-state index in [1.807, 2.05) is 0 Å². The van der Waals surface area contributed by atoms with Crippen LogP contribution in [0.15, 0.2) is 47.6 Å². The quantitative estimate of drug-likeness (QED) is 0.755. The lowest BCUT2D eigenvalue weighted by Gasteiger charge is -2.19. The standard InChI is InChI=1S/C16H21N/c1-13-8-4-5-9-14(13)12-15-10-6-7-11-16(15)17(2)3/h5-7,9-11H,4,8,12H2,1-3H3. The molecule has 1 aliphatic rings. The Labute approximate surface area is 104 Å². The Kier molecular flexibility index (Phi) is 3.68. The van der Waals surface area contributed by atoms with Crippen molar-refractivity contribution in [2.45, 2.75) is 26.2 Å². The maximum Gasteiger partial charge on any atom is 0.0396 e. The summed E-state index contributed by atoms with van der Waals surface area (Å²) in [6, 6.07) is 8.66. The third-order valence-electron chi connectivity index (χ3n) is 3.41. The summed E-state index contributed by atoms with van der Waals surface area (Å²) in [4.78, 5) is 2.19. The predicted molar refractivity (Wildman–Crippen MR) is 75.5 cm³/mol. The average molecular weight is 227 g/mol. The van der Waals surface area contributed by atoms with E-state index in [0.717, 1.165) is 6.42 Å². The summed E-state index contributed by atoms with van der Waals surface area (Å²) in [5.41, 5.74) is 5.77. The van der Waals surface area contributed by atoms with Crippen molar-refractivity contribution in [2.24, 2.45) is 0 Å². The van der Waals surface area contributed by atoms with Crippen molar-refractivity contribution < 1.29 is 0 Å². The molecule has 17 heavy (non-hydrogen) atoms. The molecule has 0 bridgehead atoms. The molecule has 1 aromatic carbocycles. The van der Waals surface area contributed by atoms with Gasteiger partial charge in [-0.15, -0.1) is 0 Å². The van der Waals surface area contributed by atoms with E-state index < -0.39 is 0 Å². The number of anilines is 1. The van der Waals surface area contributed by atoms with Crippen molar-refractivity contribution in [3.05, 3.63) is 53.1 Å². The van der Waals surface area contributed by atoms with Gasteiger partial charge in [-0.3, -0.25) is 0 Å². The average Bonchev–Trinajstić information content (AvgIpc) is 2.32. The van der Waals surface area contributed by atoms with Crippen molar-refractivity contribution in [2.75, 3.05) is 19.0 Å². The van der Waals surface area contributed by atoms with Crippen molar-refractivity contribution in [1.82, 2.24) is 0 Å². The molecule has 0 aliphatic heterocycles. The summed E-state index contributed by atoms with van der Waals surface area (Å²) in [7, 11) is 4.22. The highest BCUT2D eigenvalue weighted by Gasteiger charge is 2.08. The third-order valence-corrected chi connectivity index (χ3v) is 3.41. The van der Waals surface area contributed by atoms with Gasteiger partial charge in [0.25, 0.3) is 0 Å². The lowest BCUT2D eigenvalue weighted by Crippen LogP contribution is -2.11. The van der Waals surface area contributed by atoms with Crippen LogP contribution in [0.3, 0.4) is 0 Å². The van der Waals surface area contributed by atoms with E-state index in [1.165, 1.54) is 29.7 Å². The highest BCUT2D eigenvalue weighted by molar-refractivity contribution is 5.54. The first-order valence-corrected chi connectivity index (χ1v) is 6.29. The largest absolute Gasteiger partial charge is 0.377 e. The molecule has 0 heterocycles. The molecule has 0 amide bonds. The number of allylic oxidation sites excluding steroid dienone is 4. The predicted octanol–water partition coefficient (Wildman–Crippen LogP) is 3.96. The van der Waals surface area contributed by atoms with Crippen LogP contribution in [-0.2, 0) is 6.42 Å². The van der Waals surface area contributed by atoms with Gasteiger partial charge in [-0.25, -0.2) is 0 Å². The van der Waals surface area contributed by atoms with E-state index in [-0.39, 0.29) is 0 Å². The fourth-order valence-corrected chi connectivity index (χ4v) is 2.34. The Morgan fingerprint density at radius 2 is 1.94 bits per heavy atom. The zero-order valence-corrected chi connectivity index (χ0v) is 11.0. The molecule has 0 unspecified atom stereocenters. The van der Waals surface area contributed by atoms with Crippen LogP contribution >= 0.6 is 0 Å². The van der Waals surface area contributed by atoms with Crippen molar-refractivity contribution >= 4 is 5.69 Å². The van der Waals surface area contributed by atoms with Gasteiger partial charge in [0.15, 0.2) is 0 Å². The van der Waals surface area contributed by atoms with Crippen LogP contribution in [0, 0.1) is 0 Å². The van der Waals surface area contributed by atoms with E-state index in [4.69, 9.17) is 0 Å². The third kappa shape index (κ3) is 2.79. The van der Waals surface area contributed by atoms with Gasteiger partial charge < -0.3 is 4.90 Å². The van der Waals surface area contributed by atoms with Crippen LogP contribution in [0.25, 0.3) is 0 Å². The molecule has 0 spiro atoms. The highest BCUT2D eigenvalue weighted by Crippen LogP contribution is 2.26. The number of benzene rings is 1. The zero-order valence-electron chi connectivity index (χ0n) is 11.0. The lowest BCUT2D eigenvalue weighted by atomic mass is 9.93. The van der Waals surface area contributed by atoms with Crippen LogP contribution in [0.5, 0.6) is 0 Å². The van der Waals surface area contributed by atoms with Crippen LogP contribution in [0.2, 0.25) is 0 Å². The maximum absolute atomic E-state index is 2.30. The van der Waals surface area contributed by atoms with Gasteiger partial charge in [-0.2, -0.15) is 0 Å². The Balaban J connectivity index is 2.27. The van der Waals surface area contributed by atoms with Crippen LogP contribution in [-0.4, -0.2) is 14.1 Å². The topological polar surface area (TPSA) is 3.24 Å². The molecule has 1 heteroatoms. The van der Waals surface area contributed by atoms with Crippen molar-refractivity contribution in [1.29, 1.82) is 0 Å². The van der Waals surface area contributed by atoms with Gasteiger partial charge in [0.2, 0.25) is 0 Å². The number of nitrogens with zero attached hydrogens (tertiary/aromatic N) is 1. The van der Waals surface area contributed by atoms with E-state index in [9.17, 15) is 0 Å². The number of hydrogen-bond acceptors (Lipinski definition) is 1. The summed E-state index contributed by atoms with van der Waals surface area (Å²) < 4.78 is 0. The number of hydrogen-bond donors (Lipinski definition) is 0. The molecule has 0 radical (unpaired) electrons. The maximum atomic E-state index is 2.30. The van der Waals surface area contributed by atoms with Gasteiger partial charge in [-0.05, 0) is 43.4 Å². The fourth-order valence-electron chi connectivity index (χ4n) is 2.34. The molecule has 2 rings (SSSR count). The van der Waals surface area contributed by atoms with E-state index in [0.29, 0.717) is 0 Å². The summed E-state index contributed by atoms with van der Waals surface area (Å²) in [5.74, 6) is 0. The minimum atomic E-state index is 1.05. The first-order chi connectivity index (χ1) is 8.18. The summed E-state index contributed by atoms with van der Waals surface area (Å²) in [6.07, 6.45) is 8.06. The van der Waals surface area contributed by atoms with Crippen LogP contribution < -0.4 is 4.90 Å². The van der Waals surface area contributed by atoms with E-state index >= 15 is 0 Å². The minimum Gasteiger partial charge on any atom is -0.377 e. The van der Waals surface area contributed by atoms with Gasteiger partial charge in [0.1, 0.15) is 0 Å². The summed E-state index contributed by atoms with van der Waals surface area (Å²) in [5, 5.41) is 0. The van der Waals surface area contributed by atoms with Crippen LogP contribution in [0.4, 0.5) is 5.69 Å². The van der Waals surface area contributed by atoms with Gasteiger partial charge in [0.05, 0.1) is 0 Å². The lowest BCUT2D eigenvalue weighted by molar-refractivity contribution is 0.918. The zero-order chi connectivity index (χ0) is 12.3. The highest BCUT2D eigenvalue weighted by atomic mass is 15.1. The molecule has 0 saturated heterocycles. The second-order valence-electron chi connectivity index (χ2n) is 4.95. The molecule has 0 aromatic heterocycles. The second kappa shape index (κ2) is 5.22. The molecular weight excluding hydrogens is 206 g/mol. The first-order valence-electron chi connectivity index (χ1n) is 6.29. The number of rotatable bonds is 3. The normalized spacial score (nSPS) is 15.2. The molecule has 0 fully saturated rings.